The van der Waals surface area contributed by atoms with Gasteiger partial charge in [-0.25, -0.2) is 0 Å². The second-order valence-electron chi connectivity index (χ2n) is 1.74. The summed E-state index contributed by atoms with van der Waals surface area (Å²) in [5.41, 5.74) is 0. The van der Waals surface area contributed by atoms with Crippen LogP contribution in [0.1, 0.15) is 0 Å². The summed E-state index contributed by atoms with van der Waals surface area (Å²) in [6, 6.07) is 8.71. The lowest BCUT2D eigenvalue weighted by Crippen LogP contribution is -1.60. The van der Waals surface area contributed by atoms with Crippen LogP contribution in [0.4, 0.5) is 0 Å². The summed E-state index contributed by atoms with van der Waals surface area (Å²) in [5.74, 6) is 0.322. The number of phenols is 1. The maximum absolute atomic E-state index is 8.63. The second-order valence-corrected chi connectivity index (χ2v) is 2.56. The molecule has 4 heteroatoms. The highest BCUT2D eigenvalue weighted by Gasteiger charge is 1.74. The average Bonchev–Trinajstić information content (AvgIpc) is 2.11. The molecule has 0 aliphatic rings. The topological polar surface area (TPSA) is 46.5 Å². The van der Waals surface area contributed by atoms with E-state index in [0.717, 1.165) is 10.5 Å². The summed E-state index contributed by atoms with van der Waals surface area (Å²) in [5, 5.41) is 8.63. The SMILES string of the molecule is C=O.CO[SiH3].Oc1ccccc1. The van der Waals surface area contributed by atoms with Gasteiger partial charge in [0, 0.05) is 7.11 Å². The van der Waals surface area contributed by atoms with Gasteiger partial charge in [0.2, 0.25) is 0 Å². The van der Waals surface area contributed by atoms with E-state index in [1.807, 2.05) is 12.9 Å². The zero-order valence-corrected chi connectivity index (χ0v) is 9.36. The van der Waals surface area contributed by atoms with E-state index >= 15 is 0 Å². The van der Waals surface area contributed by atoms with Gasteiger partial charge in [-0.1, -0.05) is 18.2 Å². The lowest BCUT2D eigenvalue weighted by molar-refractivity contribution is -0.0979. The van der Waals surface area contributed by atoms with Crippen LogP contribution < -0.4 is 0 Å². The van der Waals surface area contributed by atoms with Gasteiger partial charge in [0.15, 0.2) is 0 Å². The van der Waals surface area contributed by atoms with E-state index in [2.05, 4.69) is 4.43 Å². The number of phenolic OH excluding ortho intramolecular Hbond substituents is 1. The highest BCUT2D eigenvalue weighted by Crippen LogP contribution is 2.02. The van der Waals surface area contributed by atoms with E-state index < -0.39 is 0 Å². The fraction of sp³-hybridized carbons (Fsp3) is 0.125. The normalized spacial score (nSPS) is 7.08. The summed E-state index contributed by atoms with van der Waals surface area (Å²) in [4.78, 5) is 8.00. The summed E-state index contributed by atoms with van der Waals surface area (Å²) >= 11 is 0. The number of para-hydroxylation sites is 1. The minimum atomic E-state index is 0.322. The molecular formula is C8H14O3Si. The Morgan fingerprint density at radius 1 is 1.33 bits per heavy atom. The number of carbonyl (C=O) groups excluding carboxylic acids is 1. The number of hydrogen-bond donors (Lipinski definition) is 1. The van der Waals surface area contributed by atoms with E-state index in [1.54, 1.807) is 31.4 Å². The lowest BCUT2D eigenvalue weighted by atomic mass is 10.3. The van der Waals surface area contributed by atoms with Crippen LogP contribution in [-0.2, 0) is 9.22 Å². The summed E-state index contributed by atoms with van der Waals surface area (Å²) in [7, 11) is 2.56. The first-order valence-corrected chi connectivity index (χ1v) is 4.06. The molecule has 0 atom stereocenters. The van der Waals surface area contributed by atoms with Gasteiger partial charge in [-0.3, -0.25) is 0 Å². The van der Waals surface area contributed by atoms with E-state index in [-0.39, 0.29) is 0 Å². The number of carbonyl (C=O) groups is 1. The van der Waals surface area contributed by atoms with E-state index in [4.69, 9.17) is 9.90 Å². The second kappa shape index (κ2) is 12.5. The van der Waals surface area contributed by atoms with Crippen molar-refractivity contribution in [3.8, 4) is 5.75 Å². The van der Waals surface area contributed by atoms with Gasteiger partial charge in [-0.15, -0.1) is 0 Å². The molecule has 1 N–H and O–H groups in total. The molecule has 3 nitrogen and oxygen atoms in total. The number of rotatable bonds is 0. The van der Waals surface area contributed by atoms with Gasteiger partial charge in [0.1, 0.15) is 23.0 Å². The maximum atomic E-state index is 8.63. The molecule has 0 fully saturated rings. The molecule has 1 rings (SSSR count). The fourth-order valence-corrected chi connectivity index (χ4v) is 0.428. The van der Waals surface area contributed by atoms with Gasteiger partial charge in [0.25, 0.3) is 0 Å². The summed E-state index contributed by atoms with van der Waals surface area (Å²) < 4.78 is 4.39. The molecule has 0 aliphatic carbocycles. The summed E-state index contributed by atoms with van der Waals surface area (Å²) in [6.07, 6.45) is 0. The Hall–Kier alpha value is -1.13. The van der Waals surface area contributed by atoms with Crippen LogP contribution in [0.25, 0.3) is 0 Å². The zero-order chi connectivity index (χ0) is 9.82. The molecule has 0 saturated heterocycles. The Kier molecular flexibility index (Phi) is 14.1. The molecule has 0 spiro atoms. The van der Waals surface area contributed by atoms with Crippen molar-refractivity contribution >= 4 is 17.3 Å². The Balaban J connectivity index is 0. The number of aromatic hydroxyl groups is 1. The maximum Gasteiger partial charge on any atom is 0.145 e. The third-order valence-electron chi connectivity index (χ3n) is 0.756. The molecule has 0 heterocycles. The van der Waals surface area contributed by atoms with Crippen LogP contribution in [-0.4, -0.2) is 29.5 Å². The van der Waals surface area contributed by atoms with Crippen LogP contribution in [0.5, 0.6) is 5.75 Å². The molecule has 0 saturated carbocycles. The van der Waals surface area contributed by atoms with Crippen molar-refractivity contribution in [1.82, 2.24) is 0 Å². The van der Waals surface area contributed by atoms with E-state index in [1.165, 1.54) is 0 Å². The molecule has 0 radical (unpaired) electrons. The van der Waals surface area contributed by atoms with Crippen molar-refractivity contribution in [2.24, 2.45) is 0 Å². The van der Waals surface area contributed by atoms with Crippen molar-refractivity contribution in [3.05, 3.63) is 30.3 Å². The molecule has 1 aromatic carbocycles. The minimum Gasteiger partial charge on any atom is -0.508 e. The molecule has 0 unspecified atom stereocenters. The number of hydrogen-bond acceptors (Lipinski definition) is 3. The smallest absolute Gasteiger partial charge is 0.145 e. The van der Waals surface area contributed by atoms with E-state index in [0.29, 0.717) is 5.75 Å². The Morgan fingerprint density at radius 2 is 1.67 bits per heavy atom. The third kappa shape index (κ3) is 11.6. The summed E-state index contributed by atoms with van der Waals surface area (Å²) in [6.45, 7) is 2.00. The minimum absolute atomic E-state index is 0.322. The monoisotopic (exact) mass is 186 g/mol. The Bertz CT molecular complexity index is 167. The Labute approximate surface area is 75.5 Å². The quantitative estimate of drug-likeness (QED) is 0.585. The molecule has 68 valence electrons. The largest absolute Gasteiger partial charge is 0.508 e. The standard InChI is InChI=1S/C6H6O.CH6OSi.CH2O/c7-6-4-2-1-3-5-6;1-2-3;1-2/h1-5,7H;1,3H3;1H2. The predicted octanol–water partition coefficient (Wildman–Crippen LogP) is 0.121. The number of benzene rings is 1. The molecule has 12 heavy (non-hydrogen) atoms. The van der Waals surface area contributed by atoms with Gasteiger partial charge < -0.3 is 14.3 Å². The molecule has 0 amide bonds. The fourth-order valence-electron chi connectivity index (χ4n) is 0.428. The molecule has 0 aromatic heterocycles. The lowest BCUT2D eigenvalue weighted by Gasteiger charge is -1.82. The Morgan fingerprint density at radius 3 is 1.83 bits per heavy atom. The van der Waals surface area contributed by atoms with Crippen LogP contribution in [0.3, 0.4) is 0 Å². The molecular weight excluding hydrogens is 172 g/mol. The van der Waals surface area contributed by atoms with Crippen LogP contribution >= 0.6 is 0 Å². The first-order valence-electron chi connectivity index (χ1n) is 3.24. The van der Waals surface area contributed by atoms with Gasteiger partial charge in [-0.05, 0) is 12.1 Å². The van der Waals surface area contributed by atoms with Crippen LogP contribution in [0.15, 0.2) is 30.3 Å². The van der Waals surface area contributed by atoms with E-state index in [9.17, 15) is 0 Å². The highest BCUT2D eigenvalue weighted by molar-refractivity contribution is 5.97. The average molecular weight is 186 g/mol. The van der Waals surface area contributed by atoms with Crippen LogP contribution in [0.2, 0.25) is 0 Å². The van der Waals surface area contributed by atoms with Gasteiger partial charge in [-0.2, -0.15) is 0 Å². The highest BCUT2D eigenvalue weighted by atomic mass is 28.2. The van der Waals surface area contributed by atoms with Crippen molar-refractivity contribution in [1.29, 1.82) is 0 Å². The van der Waals surface area contributed by atoms with Crippen molar-refractivity contribution in [2.45, 2.75) is 0 Å². The molecule has 0 aliphatic heterocycles. The predicted molar refractivity (Wildman–Crippen MR) is 52.2 cm³/mol. The van der Waals surface area contributed by atoms with Crippen molar-refractivity contribution < 1.29 is 14.3 Å². The molecule has 1 aromatic rings. The van der Waals surface area contributed by atoms with Gasteiger partial charge >= 0.3 is 0 Å². The van der Waals surface area contributed by atoms with Crippen molar-refractivity contribution in [2.75, 3.05) is 7.11 Å². The van der Waals surface area contributed by atoms with Crippen LogP contribution in [0, 0.1) is 0 Å². The first kappa shape index (κ1) is 13.5. The van der Waals surface area contributed by atoms with Crippen molar-refractivity contribution in [3.63, 3.8) is 0 Å². The molecule has 0 bridgehead atoms. The first-order chi connectivity index (χ1) is 5.81. The third-order valence-corrected chi connectivity index (χ3v) is 0.756. The zero-order valence-electron chi connectivity index (χ0n) is 7.36. The van der Waals surface area contributed by atoms with Gasteiger partial charge in [0.05, 0.1) is 0 Å².